The summed E-state index contributed by atoms with van der Waals surface area (Å²) in [6.45, 7) is 4.70. The van der Waals surface area contributed by atoms with Crippen molar-refractivity contribution in [1.82, 2.24) is 4.57 Å². The molecule has 1 aromatic heterocycles. The van der Waals surface area contributed by atoms with Gasteiger partial charge in [0.25, 0.3) is 0 Å². The first-order valence-corrected chi connectivity index (χ1v) is 18.4. The zero-order valence-corrected chi connectivity index (χ0v) is 29.9. The first kappa shape index (κ1) is 31.1. The standard InChI is InChI=1S/C51H38N2/c1-51(2)45-21-9-6-20-44(45)50-46(51)22-13-25-49(50)52(41-17-12-16-38(34-41)35-14-4-3-5-15-35)39-30-26-36(27-31-39)37-28-32-40(33-29-37)53-47-23-10-7-18-42(47)43-19-8-11-24-48(43)53/h3-34H,1-2H3. The fourth-order valence-corrected chi connectivity index (χ4v) is 8.61. The van der Waals surface area contributed by atoms with E-state index in [0.29, 0.717) is 0 Å². The molecule has 0 saturated heterocycles. The summed E-state index contributed by atoms with van der Waals surface area (Å²) in [6.07, 6.45) is 0. The van der Waals surface area contributed by atoms with Gasteiger partial charge >= 0.3 is 0 Å². The van der Waals surface area contributed by atoms with Gasteiger partial charge in [0.1, 0.15) is 0 Å². The molecule has 1 heterocycles. The van der Waals surface area contributed by atoms with Crippen molar-refractivity contribution in [3.63, 3.8) is 0 Å². The smallest absolute Gasteiger partial charge is 0.0543 e. The minimum Gasteiger partial charge on any atom is -0.310 e. The van der Waals surface area contributed by atoms with Crippen LogP contribution in [0.5, 0.6) is 0 Å². The minimum absolute atomic E-state index is 0.0886. The van der Waals surface area contributed by atoms with Gasteiger partial charge in [-0.25, -0.2) is 0 Å². The Labute approximate surface area is 310 Å². The molecule has 0 aliphatic heterocycles. The molecule has 2 nitrogen and oxygen atoms in total. The van der Waals surface area contributed by atoms with Crippen LogP contribution in [0.2, 0.25) is 0 Å². The predicted molar refractivity (Wildman–Crippen MR) is 224 cm³/mol. The molecule has 0 radical (unpaired) electrons. The van der Waals surface area contributed by atoms with E-state index in [1.54, 1.807) is 0 Å². The normalized spacial score (nSPS) is 12.9. The third kappa shape index (κ3) is 5.02. The lowest BCUT2D eigenvalue weighted by Gasteiger charge is -2.29. The van der Waals surface area contributed by atoms with Gasteiger partial charge in [-0.2, -0.15) is 0 Å². The Morgan fingerprint density at radius 1 is 0.415 bits per heavy atom. The van der Waals surface area contributed by atoms with Crippen molar-refractivity contribution in [3.8, 4) is 39.1 Å². The maximum atomic E-state index is 2.44. The molecule has 1 aliphatic carbocycles. The van der Waals surface area contributed by atoms with Crippen molar-refractivity contribution in [2.45, 2.75) is 19.3 Å². The fourth-order valence-electron chi connectivity index (χ4n) is 8.61. The summed E-state index contributed by atoms with van der Waals surface area (Å²) in [4.78, 5) is 2.44. The zero-order valence-electron chi connectivity index (χ0n) is 29.9. The summed E-state index contributed by atoms with van der Waals surface area (Å²) in [5.41, 5.74) is 17.1. The lowest BCUT2D eigenvalue weighted by Crippen LogP contribution is -2.16. The molecule has 0 atom stereocenters. The zero-order chi connectivity index (χ0) is 35.5. The molecule has 0 spiro atoms. The van der Waals surface area contributed by atoms with Crippen LogP contribution in [0.25, 0.3) is 60.9 Å². The number of para-hydroxylation sites is 2. The predicted octanol–water partition coefficient (Wildman–Crippen LogP) is 13.9. The van der Waals surface area contributed by atoms with E-state index in [2.05, 4.69) is 217 Å². The highest BCUT2D eigenvalue weighted by Crippen LogP contribution is 2.54. The van der Waals surface area contributed by atoms with Gasteiger partial charge in [-0.15, -0.1) is 0 Å². The second kappa shape index (κ2) is 12.3. The maximum Gasteiger partial charge on any atom is 0.0543 e. The third-order valence-corrected chi connectivity index (χ3v) is 11.2. The quantitative estimate of drug-likeness (QED) is 0.170. The van der Waals surface area contributed by atoms with Crippen LogP contribution in [0.4, 0.5) is 17.1 Å². The molecule has 0 fully saturated rings. The van der Waals surface area contributed by atoms with Crippen molar-refractivity contribution < 1.29 is 0 Å². The van der Waals surface area contributed by atoms with E-state index in [1.807, 2.05) is 0 Å². The highest BCUT2D eigenvalue weighted by molar-refractivity contribution is 6.09. The summed E-state index contributed by atoms with van der Waals surface area (Å²) >= 11 is 0. The number of anilines is 3. The summed E-state index contributed by atoms with van der Waals surface area (Å²) in [5.74, 6) is 0. The van der Waals surface area contributed by atoms with Crippen LogP contribution in [-0.4, -0.2) is 4.57 Å². The lowest BCUT2D eigenvalue weighted by atomic mass is 9.82. The Kier molecular flexibility index (Phi) is 7.19. The average Bonchev–Trinajstić information content (AvgIpc) is 3.68. The molecular formula is C51H38N2. The molecule has 2 heteroatoms. The van der Waals surface area contributed by atoms with E-state index in [1.165, 1.54) is 72.0 Å². The molecule has 0 unspecified atom stereocenters. The Balaban J connectivity index is 1.07. The van der Waals surface area contributed by atoms with Crippen LogP contribution in [0.3, 0.4) is 0 Å². The second-order valence-electron chi connectivity index (χ2n) is 14.6. The van der Waals surface area contributed by atoms with Crippen LogP contribution >= 0.6 is 0 Å². The SMILES string of the molecule is CC1(C)c2ccccc2-c2c(N(c3ccc(-c4ccc(-n5c6ccccc6c6ccccc65)cc4)cc3)c3cccc(-c4ccccc4)c3)cccc21. The van der Waals surface area contributed by atoms with Gasteiger partial charge in [-0.1, -0.05) is 153 Å². The lowest BCUT2D eigenvalue weighted by molar-refractivity contribution is 0.660. The van der Waals surface area contributed by atoms with Gasteiger partial charge in [0, 0.05) is 38.8 Å². The van der Waals surface area contributed by atoms with Crippen LogP contribution < -0.4 is 4.90 Å². The second-order valence-corrected chi connectivity index (χ2v) is 14.6. The first-order chi connectivity index (χ1) is 26.1. The van der Waals surface area contributed by atoms with E-state index < -0.39 is 0 Å². The van der Waals surface area contributed by atoms with Gasteiger partial charge < -0.3 is 9.47 Å². The number of hydrogen-bond acceptors (Lipinski definition) is 1. The molecule has 9 aromatic rings. The number of rotatable bonds is 6. The summed E-state index contributed by atoms with van der Waals surface area (Å²) in [5, 5.41) is 2.55. The van der Waals surface area contributed by atoms with Crippen molar-refractivity contribution >= 4 is 38.9 Å². The fraction of sp³-hybridized carbons (Fsp3) is 0.0588. The minimum atomic E-state index is -0.0886. The molecular weight excluding hydrogens is 641 g/mol. The van der Waals surface area contributed by atoms with Crippen LogP contribution in [-0.2, 0) is 5.41 Å². The maximum absolute atomic E-state index is 2.44. The molecule has 1 aliphatic rings. The molecule has 0 amide bonds. The summed E-state index contributed by atoms with van der Waals surface area (Å²) < 4.78 is 2.37. The van der Waals surface area contributed by atoms with E-state index in [-0.39, 0.29) is 5.41 Å². The van der Waals surface area contributed by atoms with Gasteiger partial charge in [0.15, 0.2) is 0 Å². The Morgan fingerprint density at radius 3 is 1.68 bits per heavy atom. The van der Waals surface area contributed by atoms with Crippen molar-refractivity contribution in [2.75, 3.05) is 4.90 Å². The highest BCUT2D eigenvalue weighted by atomic mass is 15.1. The Morgan fingerprint density at radius 2 is 0.962 bits per heavy atom. The Hall–Kier alpha value is -6.64. The van der Waals surface area contributed by atoms with Crippen LogP contribution in [0.1, 0.15) is 25.0 Å². The van der Waals surface area contributed by atoms with Gasteiger partial charge in [0.05, 0.1) is 16.7 Å². The van der Waals surface area contributed by atoms with E-state index in [9.17, 15) is 0 Å². The van der Waals surface area contributed by atoms with Gasteiger partial charge in [0.2, 0.25) is 0 Å². The van der Waals surface area contributed by atoms with E-state index >= 15 is 0 Å². The molecule has 10 rings (SSSR count). The van der Waals surface area contributed by atoms with Crippen LogP contribution in [0, 0.1) is 0 Å². The first-order valence-electron chi connectivity index (χ1n) is 18.4. The summed E-state index contributed by atoms with van der Waals surface area (Å²) in [6, 6.07) is 70.8. The van der Waals surface area contributed by atoms with E-state index in [4.69, 9.17) is 0 Å². The van der Waals surface area contributed by atoms with Gasteiger partial charge in [-0.05, 0) is 93.5 Å². The highest BCUT2D eigenvalue weighted by Gasteiger charge is 2.37. The number of fused-ring (bicyclic) bond motifs is 6. The number of hydrogen-bond donors (Lipinski definition) is 0. The third-order valence-electron chi connectivity index (χ3n) is 11.2. The van der Waals surface area contributed by atoms with Crippen LogP contribution in [0.15, 0.2) is 194 Å². The monoisotopic (exact) mass is 678 g/mol. The van der Waals surface area contributed by atoms with E-state index in [0.717, 1.165) is 17.1 Å². The average molecular weight is 679 g/mol. The topological polar surface area (TPSA) is 8.17 Å². The summed E-state index contributed by atoms with van der Waals surface area (Å²) in [7, 11) is 0. The van der Waals surface area contributed by atoms with Gasteiger partial charge in [-0.3, -0.25) is 0 Å². The Bertz CT molecular complexity index is 2730. The number of nitrogens with zero attached hydrogens (tertiary/aromatic N) is 2. The van der Waals surface area contributed by atoms with Crippen molar-refractivity contribution in [3.05, 3.63) is 205 Å². The molecule has 0 bridgehead atoms. The van der Waals surface area contributed by atoms with Crippen molar-refractivity contribution in [1.29, 1.82) is 0 Å². The molecule has 0 N–H and O–H groups in total. The molecule has 8 aromatic carbocycles. The number of aromatic nitrogens is 1. The number of benzene rings is 8. The largest absolute Gasteiger partial charge is 0.310 e. The molecule has 0 saturated carbocycles. The molecule has 252 valence electrons. The molecule has 53 heavy (non-hydrogen) atoms. The van der Waals surface area contributed by atoms with Crippen molar-refractivity contribution in [2.24, 2.45) is 0 Å².